The Labute approximate surface area is 70.2 Å². The summed E-state index contributed by atoms with van der Waals surface area (Å²) in [5, 5.41) is 0.343. The van der Waals surface area contributed by atoms with Gasteiger partial charge in [0.05, 0.1) is 5.69 Å². The van der Waals surface area contributed by atoms with E-state index in [4.69, 9.17) is 11.6 Å². The van der Waals surface area contributed by atoms with Crippen LogP contribution in [0.1, 0.15) is 25.5 Å². The quantitative estimate of drug-likeness (QED) is 0.595. The van der Waals surface area contributed by atoms with Gasteiger partial charge in [-0.05, 0) is 18.1 Å². The normalized spacial score (nSPS) is 10.6. The molecule has 0 aliphatic heterocycles. The molecule has 0 bridgehead atoms. The van der Waals surface area contributed by atoms with Crippen LogP contribution in [-0.2, 0) is 0 Å². The Morgan fingerprint density at radius 2 is 2.09 bits per heavy atom. The van der Waals surface area contributed by atoms with Crippen LogP contribution in [0.15, 0.2) is 12.1 Å². The number of nitrogens with zero attached hydrogens (tertiary/aromatic N) is 1. The standard InChI is InChI=1S/C8H9ClFN/c1-5(2)8-6(10)3-4-7(9)11-8/h3-5H,1-2H3. The van der Waals surface area contributed by atoms with E-state index >= 15 is 0 Å². The monoisotopic (exact) mass is 173 g/mol. The molecule has 1 rings (SSSR count). The van der Waals surface area contributed by atoms with Gasteiger partial charge in [0.1, 0.15) is 11.0 Å². The van der Waals surface area contributed by atoms with Gasteiger partial charge < -0.3 is 0 Å². The number of pyridine rings is 1. The summed E-state index contributed by atoms with van der Waals surface area (Å²) in [6, 6.07) is 2.79. The molecule has 60 valence electrons. The van der Waals surface area contributed by atoms with Crippen molar-refractivity contribution in [2.45, 2.75) is 19.8 Å². The summed E-state index contributed by atoms with van der Waals surface area (Å²) in [6.45, 7) is 3.75. The summed E-state index contributed by atoms with van der Waals surface area (Å²) >= 11 is 5.58. The van der Waals surface area contributed by atoms with Crippen molar-refractivity contribution < 1.29 is 4.39 Å². The minimum absolute atomic E-state index is 0.0775. The third-order valence-electron chi connectivity index (χ3n) is 1.39. The van der Waals surface area contributed by atoms with Gasteiger partial charge in [-0.15, -0.1) is 0 Å². The van der Waals surface area contributed by atoms with Crippen molar-refractivity contribution >= 4 is 11.6 Å². The van der Waals surface area contributed by atoms with Crippen molar-refractivity contribution in [1.82, 2.24) is 4.98 Å². The van der Waals surface area contributed by atoms with Gasteiger partial charge in [0.15, 0.2) is 0 Å². The highest BCUT2D eigenvalue weighted by molar-refractivity contribution is 6.29. The third kappa shape index (κ3) is 1.90. The molecule has 0 amide bonds. The minimum atomic E-state index is -0.288. The average molecular weight is 174 g/mol. The second-order valence-electron chi connectivity index (χ2n) is 2.66. The zero-order chi connectivity index (χ0) is 8.43. The van der Waals surface area contributed by atoms with Crippen LogP contribution < -0.4 is 0 Å². The zero-order valence-electron chi connectivity index (χ0n) is 6.44. The molecule has 0 N–H and O–H groups in total. The number of halogens is 2. The summed E-state index contributed by atoms with van der Waals surface area (Å²) in [4.78, 5) is 3.86. The molecule has 0 aliphatic rings. The lowest BCUT2D eigenvalue weighted by Gasteiger charge is -2.04. The van der Waals surface area contributed by atoms with Crippen LogP contribution in [0.5, 0.6) is 0 Å². The van der Waals surface area contributed by atoms with Gasteiger partial charge in [0, 0.05) is 0 Å². The smallest absolute Gasteiger partial charge is 0.145 e. The fraction of sp³-hybridized carbons (Fsp3) is 0.375. The molecule has 0 spiro atoms. The highest BCUT2D eigenvalue weighted by Crippen LogP contribution is 2.17. The maximum atomic E-state index is 12.9. The molecule has 1 aromatic heterocycles. The first kappa shape index (κ1) is 8.47. The number of rotatable bonds is 1. The first-order valence-corrected chi connectivity index (χ1v) is 3.81. The molecule has 1 aromatic rings. The molecule has 0 saturated heterocycles. The largest absolute Gasteiger partial charge is 0.238 e. The highest BCUT2D eigenvalue weighted by atomic mass is 35.5. The lowest BCUT2D eigenvalue weighted by atomic mass is 10.1. The molecule has 0 aromatic carbocycles. The Kier molecular flexibility index (Phi) is 2.45. The summed E-state index contributed by atoms with van der Waals surface area (Å²) in [7, 11) is 0. The molecule has 0 unspecified atom stereocenters. The fourth-order valence-electron chi connectivity index (χ4n) is 0.838. The number of aromatic nitrogens is 1. The number of hydrogen-bond acceptors (Lipinski definition) is 1. The molecule has 0 fully saturated rings. The molecular formula is C8H9ClFN. The van der Waals surface area contributed by atoms with Crippen LogP contribution in [0.2, 0.25) is 5.15 Å². The van der Waals surface area contributed by atoms with Crippen molar-refractivity contribution in [2.24, 2.45) is 0 Å². The minimum Gasteiger partial charge on any atom is -0.238 e. The van der Waals surface area contributed by atoms with Crippen LogP contribution in [0, 0.1) is 5.82 Å². The van der Waals surface area contributed by atoms with E-state index in [9.17, 15) is 4.39 Å². The Hall–Kier alpha value is -0.630. The Morgan fingerprint density at radius 1 is 1.45 bits per heavy atom. The van der Waals surface area contributed by atoms with Crippen molar-refractivity contribution in [2.75, 3.05) is 0 Å². The first-order chi connectivity index (χ1) is 5.11. The lowest BCUT2D eigenvalue weighted by molar-refractivity contribution is 0.585. The van der Waals surface area contributed by atoms with E-state index in [0.29, 0.717) is 10.8 Å². The van der Waals surface area contributed by atoms with Gasteiger partial charge in [-0.3, -0.25) is 0 Å². The van der Waals surface area contributed by atoms with Gasteiger partial charge in [-0.2, -0.15) is 0 Å². The van der Waals surface area contributed by atoms with Crippen LogP contribution in [-0.4, -0.2) is 4.98 Å². The Bertz CT molecular complexity index is 260. The van der Waals surface area contributed by atoms with E-state index in [2.05, 4.69) is 4.98 Å². The Balaban J connectivity index is 3.13. The summed E-state index contributed by atoms with van der Waals surface area (Å²) in [5.41, 5.74) is 0.428. The molecule has 0 atom stereocenters. The van der Waals surface area contributed by atoms with Crippen molar-refractivity contribution in [3.8, 4) is 0 Å². The molecule has 11 heavy (non-hydrogen) atoms. The van der Waals surface area contributed by atoms with E-state index in [0.717, 1.165) is 0 Å². The predicted molar refractivity (Wildman–Crippen MR) is 43.3 cm³/mol. The topological polar surface area (TPSA) is 12.9 Å². The molecule has 0 radical (unpaired) electrons. The van der Waals surface area contributed by atoms with Crippen LogP contribution in [0.25, 0.3) is 0 Å². The molecule has 0 saturated carbocycles. The van der Waals surface area contributed by atoms with E-state index in [1.165, 1.54) is 12.1 Å². The molecular weight excluding hydrogens is 165 g/mol. The van der Waals surface area contributed by atoms with Crippen LogP contribution in [0.3, 0.4) is 0 Å². The molecule has 1 heterocycles. The van der Waals surface area contributed by atoms with Gasteiger partial charge >= 0.3 is 0 Å². The van der Waals surface area contributed by atoms with Gasteiger partial charge in [-0.25, -0.2) is 9.37 Å². The van der Waals surface area contributed by atoms with E-state index in [1.54, 1.807) is 0 Å². The first-order valence-electron chi connectivity index (χ1n) is 3.43. The summed E-state index contributed by atoms with van der Waals surface area (Å²) in [5.74, 6) is -0.210. The summed E-state index contributed by atoms with van der Waals surface area (Å²) < 4.78 is 12.9. The Morgan fingerprint density at radius 3 is 2.55 bits per heavy atom. The second kappa shape index (κ2) is 3.18. The van der Waals surface area contributed by atoms with Crippen molar-refractivity contribution in [3.05, 3.63) is 28.8 Å². The average Bonchev–Trinajstić information content (AvgIpc) is 1.94. The van der Waals surface area contributed by atoms with Gasteiger partial charge in [0.2, 0.25) is 0 Å². The second-order valence-corrected chi connectivity index (χ2v) is 3.04. The van der Waals surface area contributed by atoms with E-state index < -0.39 is 0 Å². The van der Waals surface area contributed by atoms with Gasteiger partial charge in [0.25, 0.3) is 0 Å². The van der Waals surface area contributed by atoms with E-state index in [-0.39, 0.29) is 11.7 Å². The SMILES string of the molecule is CC(C)c1nc(Cl)ccc1F. The highest BCUT2D eigenvalue weighted by Gasteiger charge is 2.07. The summed E-state index contributed by atoms with van der Waals surface area (Å²) in [6.07, 6.45) is 0. The predicted octanol–water partition coefficient (Wildman–Crippen LogP) is 3.00. The third-order valence-corrected chi connectivity index (χ3v) is 1.60. The lowest BCUT2D eigenvalue weighted by Crippen LogP contribution is -1.96. The van der Waals surface area contributed by atoms with Gasteiger partial charge in [-0.1, -0.05) is 25.4 Å². The van der Waals surface area contributed by atoms with E-state index in [1.807, 2.05) is 13.8 Å². The maximum Gasteiger partial charge on any atom is 0.145 e. The molecule has 1 nitrogen and oxygen atoms in total. The van der Waals surface area contributed by atoms with Crippen LogP contribution >= 0.6 is 11.6 Å². The fourth-order valence-corrected chi connectivity index (χ4v) is 0.992. The number of hydrogen-bond donors (Lipinski definition) is 0. The van der Waals surface area contributed by atoms with Crippen LogP contribution in [0.4, 0.5) is 4.39 Å². The van der Waals surface area contributed by atoms with Crippen molar-refractivity contribution in [1.29, 1.82) is 0 Å². The van der Waals surface area contributed by atoms with Crippen molar-refractivity contribution in [3.63, 3.8) is 0 Å². The molecule has 0 aliphatic carbocycles. The molecule has 3 heteroatoms. The maximum absolute atomic E-state index is 12.9. The zero-order valence-corrected chi connectivity index (χ0v) is 7.19.